The van der Waals surface area contributed by atoms with Crippen molar-refractivity contribution in [3.8, 4) is 0 Å². The van der Waals surface area contributed by atoms with Gasteiger partial charge in [0, 0.05) is 0 Å². The van der Waals surface area contributed by atoms with Gasteiger partial charge in [-0.25, -0.2) is 5.90 Å². The summed E-state index contributed by atoms with van der Waals surface area (Å²) >= 11 is 0. The van der Waals surface area contributed by atoms with Gasteiger partial charge in [-0.3, -0.25) is 4.84 Å². The van der Waals surface area contributed by atoms with Crippen molar-refractivity contribution in [1.29, 1.82) is 0 Å². The van der Waals surface area contributed by atoms with Crippen molar-refractivity contribution in [2.75, 3.05) is 0 Å². The lowest BCUT2D eigenvalue weighted by Gasteiger charge is -2.22. The van der Waals surface area contributed by atoms with Crippen LogP contribution in [0.2, 0.25) is 0 Å². The largest absolute Gasteiger partial charge is 0.300 e. The van der Waals surface area contributed by atoms with Crippen molar-refractivity contribution in [2.45, 2.75) is 44.6 Å². The first-order chi connectivity index (χ1) is 7.40. The lowest BCUT2D eigenvalue weighted by atomic mass is 9.84. The predicted molar refractivity (Wildman–Crippen MR) is 61.2 cm³/mol. The van der Waals surface area contributed by atoms with E-state index in [1.54, 1.807) is 0 Å². The molecular formula is C13H19NO. The van der Waals surface area contributed by atoms with E-state index in [4.69, 9.17) is 5.90 Å². The average Bonchev–Trinajstić information content (AvgIpc) is 2.31. The molecule has 1 fully saturated rings. The molecule has 0 radical (unpaired) electrons. The lowest BCUT2D eigenvalue weighted by molar-refractivity contribution is 0.124. The van der Waals surface area contributed by atoms with E-state index in [0.29, 0.717) is 6.61 Å². The third-order valence-corrected chi connectivity index (χ3v) is 3.28. The Morgan fingerprint density at radius 3 is 2.73 bits per heavy atom. The maximum absolute atomic E-state index is 5.09. The van der Waals surface area contributed by atoms with Crippen LogP contribution in [-0.4, -0.2) is 0 Å². The van der Waals surface area contributed by atoms with Crippen LogP contribution >= 0.6 is 0 Å². The fraction of sp³-hybridized carbons (Fsp3) is 0.538. The standard InChI is InChI=1S/C13H19NO/c14-15-10-11-5-4-8-13(9-11)12-6-2-1-3-7-12/h4-5,8-9,12H,1-3,6-7,10,14H2. The highest BCUT2D eigenvalue weighted by molar-refractivity contribution is 5.26. The molecule has 0 atom stereocenters. The monoisotopic (exact) mass is 205 g/mol. The Morgan fingerprint density at radius 1 is 1.20 bits per heavy atom. The average molecular weight is 205 g/mol. The summed E-state index contributed by atoms with van der Waals surface area (Å²) in [6.07, 6.45) is 6.84. The van der Waals surface area contributed by atoms with Crippen molar-refractivity contribution < 1.29 is 4.84 Å². The number of benzene rings is 1. The zero-order valence-electron chi connectivity index (χ0n) is 9.11. The van der Waals surface area contributed by atoms with Crippen LogP contribution < -0.4 is 5.90 Å². The normalized spacial score (nSPS) is 17.9. The summed E-state index contributed by atoms with van der Waals surface area (Å²) in [6.45, 7) is 0.514. The van der Waals surface area contributed by atoms with E-state index < -0.39 is 0 Å². The Balaban J connectivity index is 2.09. The van der Waals surface area contributed by atoms with Crippen LogP contribution in [0, 0.1) is 0 Å². The zero-order chi connectivity index (χ0) is 10.5. The summed E-state index contributed by atoms with van der Waals surface area (Å²) in [5.74, 6) is 5.85. The van der Waals surface area contributed by atoms with Gasteiger partial charge >= 0.3 is 0 Å². The summed E-state index contributed by atoms with van der Waals surface area (Å²) in [6, 6.07) is 8.65. The first kappa shape index (κ1) is 10.7. The van der Waals surface area contributed by atoms with Crippen LogP contribution in [-0.2, 0) is 11.4 Å². The van der Waals surface area contributed by atoms with Gasteiger partial charge in [-0.05, 0) is 29.9 Å². The first-order valence-corrected chi connectivity index (χ1v) is 5.80. The molecule has 2 N–H and O–H groups in total. The molecule has 2 nitrogen and oxygen atoms in total. The summed E-state index contributed by atoms with van der Waals surface area (Å²) in [5.41, 5.74) is 2.64. The molecule has 0 heterocycles. The molecule has 0 bridgehead atoms. The Bertz CT molecular complexity index is 305. The van der Waals surface area contributed by atoms with Crippen molar-refractivity contribution in [3.63, 3.8) is 0 Å². The highest BCUT2D eigenvalue weighted by Gasteiger charge is 2.15. The lowest BCUT2D eigenvalue weighted by Crippen LogP contribution is -2.05. The van der Waals surface area contributed by atoms with Crippen LogP contribution in [0.4, 0.5) is 0 Å². The molecule has 0 amide bonds. The second-order valence-corrected chi connectivity index (χ2v) is 4.39. The quantitative estimate of drug-likeness (QED) is 0.769. The maximum atomic E-state index is 5.09. The molecule has 0 saturated heterocycles. The van der Waals surface area contributed by atoms with E-state index in [1.807, 2.05) is 0 Å². The van der Waals surface area contributed by atoms with E-state index in [9.17, 15) is 0 Å². The third-order valence-electron chi connectivity index (χ3n) is 3.28. The molecule has 2 rings (SSSR count). The Hall–Kier alpha value is -0.860. The second-order valence-electron chi connectivity index (χ2n) is 4.39. The van der Waals surface area contributed by atoms with Gasteiger partial charge in [0.2, 0.25) is 0 Å². The minimum atomic E-state index is 0.514. The Kier molecular flexibility index (Phi) is 3.75. The Labute approximate surface area is 91.4 Å². The molecular weight excluding hydrogens is 186 g/mol. The van der Waals surface area contributed by atoms with E-state index >= 15 is 0 Å². The van der Waals surface area contributed by atoms with Crippen LogP contribution in [0.15, 0.2) is 24.3 Å². The molecule has 1 aliphatic carbocycles. The molecule has 1 aromatic rings. The first-order valence-electron chi connectivity index (χ1n) is 5.80. The molecule has 0 unspecified atom stereocenters. The fourth-order valence-corrected chi connectivity index (χ4v) is 2.47. The molecule has 82 valence electrons. The topological polar surface area (TPSA) is 35.2 Å². The van der Waals surface area contributed by atoms with Gasteiger partial charge in [-0.2, -0.15) is 0 Å². The summed E-state index contributed by atoms with van der Waals surface area (Å²) in [5, 5.41) is 0. The van der Waals surface area contributed by atoms with E-state index in [1.165, 1.54) is 43.2 Å². The third kappa shape index (κ3) is 2.80. The van der Waals surface area contributed by atoms with Gasteiger partial charge < -0.3 is 0 Å². The van der Waals surface area contributed by atoms with Gasteiger partial charge in [0.05, 0.1) is 6.61 Å². The number of hydrogen-bond donors (Lipinski definition) is 1. The molecule has 0 spiro atoms. The molecule has 1 aromatic carbocycles. The van der Waals surface area contributed by atoms with Crippen molar-refractivity contribution in [2.24, 2.45) is 5.90 Å². The van der Waals surface area contributed by atoms with Gasteiger partial charge in [0.15, 0.2) is 0 Å². The van der Waals surface area contributed by atoms with E-state index in [2.05, 4.69) is 29.1 Å². The van der Waals surface area contributed by atoms with Crippen molar-refractivity contribution >= 4 is 0 Å². The minimum absolute atomic E-state index is 0.514. The van der Waals surface area contributed by atoms with Crippen LogP contribution in [0.25, 0.3) is 0 Å². The molecule has 1 saturated carbocycles. The van der Waals surface area contributed by atoms with Crippen LogP contribution in [0.3, 0.4) is 0 Å². The van der Waals surface area contributed by atoms with Crippen LogP contribution in [0.5, 0.6) is 0 Å². The summed E-state index contributed by atoms with van der Waals surface area (Å²) in [7, 11) is 0. The highest BCUT2D eigenvalue weighted by Crippen LogP contribution is 2.32. The number of rotatable bonds is 3. The fourth-order valence-electron chi connectivity index (χ4n) is 2.47. The maximum Gasteiger partial charge on any atom is 0.0930 e. The summed E-state index contributed by atoms with van der Waals surface area (Å²) < 4.78 is 0. The Morgan fingerprint density at radius 2 is 2.00 bits per heavy atom. The zero-order valence-corrected chi connectivity index (χ0v) is 9.11. The predicted octanol–water partition coefficient (Wildman–Crippen LogP) is 3.12. The molecule has 0 aliphatic heterocycles. The molecule has 2 heteroatoms. The van der Waals surface area contributed by atoms with Gasteiger partial charge in [0.25, 0.3) is 0 Å². The number of hydrogen-bond acceptors (Lipinski definition) is 2. The molecule has 0 aromatic heterocycles. The molecule has 1 aliphatic rings. The van der Waals surface area contributed by atoms with Crippen LogP contribution in [0.1, 0.15) is 49.1 Å². The molecule has 15 heavy (non-hydrogen) atoms. The van der Waals surface area contributed by atoms with Crippen molar-refractivity contribution in [3.05, 3.63) is 35.4 Å². The second kappa shape index (κ2) is 5.29. The SMILES string of the molecule is NOCc1cccc(C2CCCCC2)c1. The van der Waals surface area contributed by atoms with Crippen molar-refractivity contribution in [1.82, 2.24) is 0 Å². The smallest absolute Gasteiger partial charge is 0.0930 e. The van der Waals surface area contributed by atoms with Gasteiger partial charge in [0.1, 0.15) is 0 Å². The highest BCUT2D eigenvalue weighted by atomic mass is 16.6. The summed E-state index contributed by atoms with van der Waals surface area (Å²) in [4.78, 5) is 4.67. The van der Waals surface area contributed by atoms with Gasteiger partial charge in [-0.1, -0.05) is 43.5 Å². The number of nitrogens with two attached hydrogens (primary N) is 1. The van der Waals surface area contributed by atoms with Gasteiger partial charge in [-0.15, -0.1) is 0 Å². The van der Waals surface area contributed by atoms with E-state index in [0.717, 1.165) is 5.92 Å². The van der Waals surface area contributed by atoms with E-state index in [-0.39, 0.29) is 0 Å². The minimum Gasteiger partial charge on any atom is -0.300 e.